The van der Waals surface area contributed by atoms with Crippen LogP contribution in [0.25, 0.3) is 0 Å². The van der Waals surface area contributed by atoms with Crippen molar-refractivity contribution in [2.45, 2.75) is 5.33 Å². The molecule has 0 radical (unpaired) electrons. The summed E-state index contributed by atoms with van der Waals surface area (Å²) < 4.78 is 33.3. The summed E-state index contributed by atoms with van der Waals surface area (Å²) in [5.41, 5.74) is 0.498. The maximum absolute atomic E-state index is 13.8. The topological polar surface area (TPSA) is 9.23 Å². The molecule has 1 nitrogen and oxygen atoms in total. The van der Waals surface area contributed by atoms with E-state index in [0.29, 0.717) is 20.4 Å². The molecule has 100 valence electrons. The Kier molecular flexibility index (Phi) is 4.81. The Morgan fingerprint density at radius 3 is 2.26 bits per heavy atom. The van der Waals surface area contributed by atoms with E-state index in [1.807, 2.05) is 0 Å². The van der Waals surface area contributed by atoms with Gasteiger partial charge in [-0.1, -0.05) is 27.5 Å². The third-order valence-electron chi connectivity index (χ3n) is 2.32. The van der Waals surface area contributed by atoms with Crippen LogP contribution in [0.4, 0.5) is 8.78 Å². The largest absolute Gasteiger partial charge is 0.450 e. The molecule has 0 aliphatic rings. The number of hydrogen-bond acceptors (Lipinski definition) is 1. The lowest BCUT2D eigenvalue weighted by molar-refractivity contribution is 0.405. The quantitative estimate of drug-likeness (QED) is 0.556. The number of benzene rings is 2. The van der Waals surface area contributed by atoms with Gasteiger partial charge in [0.2, 0.25) is 0 Å². The van der Waals surface area contributed by atoms with Gasteiger partial charge in [0.25, 0.3) is 0 Å². The first kappa shape index (κ1) is 14.8. The van der Waals surface area contributed by atoms with Gasteiger partial charge < -0.3 is 4.74 Å². The molecule has 19 heavy (non-hydrogen) atoms. The predicted molar refractivity (Wildman–Crippen MR) is 78.2 cm³/mol. The molecule has 0 fully saturated rings. The first-order chi connectivity index (χ1) is 9.01. The molecule has 2 aromatic carbocycles. The van der Waals surface area contributed by atoms with Crippen LogP contribution in [0.15, 0.2) is 34.8 Å². The van der Waals surface area contributed by atoms with E-state index in [-0.39, 0.29) is 5.75 Å². The molecule has 0 heterocycles. The molecule has 0 saturated carbocycles. The summed E-state index contributed by atoms with van der Waals surface area (Å²) >= 11 is 12.1. The summed E-state index contributed by atoms with van der Waals surface area (Å²) in [6.45, 7) is 0. The smallest absolute Gasteiger partial charge is 0.198 e. The second kappa shape index (κ2) is 6.20. The summed E-state index contributed by atoms with van der Waals surface area (Å²) in [6.07, 6.45) is 0. The van der Waals surface area contributed by atoms with E-state index in [1.54, 1.807) is 12.1 Å². The number of hydrogen-bond donors (Lipinski definition) is 0. The molecular weight excluding hydrogens is 405 g/mol. The predicted octanol–water partition coefficient (Wildman–Crippen LogP) is 6.07. The molecule has 0 amide bonds. The fourth-order valence-corrected chi connectivity index (χ4v) is 2.54. The summed E-state index contributed by atoms with van der Waals surface area (Å²) in [5, 5.41) is 0.862. The standard InChI is InChI=1S/C13H7Br2ClF2O/c14-6-7-3-10(17)13(11(18)4-7)19-12-2-1-8(16)5-9(12)15/h1-5H,6H2. The van der Waals surface area contributed by atoms with Gasteiger partial charge in [-0.3, -0.25) is 0 Å². The molecule has 6 heteroatoms. The molecule has 0 spiro atoms. The van der Waals surface area contributed by atoms with Gasteiger partial charge in [-0.25, -0.2) is 8.78 Å². The molecule has 2 aromatic rings. The van der Waals surface area contributed by atoms with E-state index in [1.165, 1.54) is 18.2 Å². The maximum Gasteiger partial charge on any atom is 0.198 e. The van der Waals surface area contributed by atoms with Crippen LogP contribution >= 0.6 is 43.5 Å². The van der Waals surface area contributed by atoms with Gasteiger partial charge in [0.05, 0.1) is 4.47 Å². The lowest BCUT2D eigenvalue weighted by Crippen LogP contribution is -1.95. The van der Waals surface area contributed by atoms with E-state index in [2.05, 4.69) is 31.9 Å². The highest BCUT2D eigenvalue weighted by molar-refractivity contribution is 9.10. The van der Waals surface area contributed by atoms with E-state index >= 15 is 0 Å². The van der Waals surface area contributed by atoms with E-state index in [4.69, 9.17) is 16.3 Å². The van der Waals surface area contributed by atoms with E-state index in [9.17, 15) is 8.78 Å². The zero-order valence-corrected chi connectivity index (χ0v) is 13.3. The zero-order valence-electron chi connectivity index (χ0n) is 9.39. The lowest BCUT2D eigenvalue weighted by Gasteiger charge is -2.10. The number of rotatable bonds is 3. The van der Waals surface area contributed by atoms with Crippen LogP contribution in [0.2, 0.25) is 5.02 Å². The van der Waals surface area contributed by atoms with Crippen LogP contribution in [0.1, 0.15) is 5.56 Å². The van der Waals surface area contributed by atoms with Crippen molar-refractivity contribution in [3.8, 4) is 11.5 Å². The number of ether oxygens (including phenoxy) is 1. The van der Waals surface area contributed by atoms with Gasteiger partial charge in [-0.05, 0) is 51.8 Å². The first-order valence-corrected chi connectivity index (χ1v) is 7.47. The van der Waals surface area contributed by atoms with Crippen molar-refractivity contribution >= 4 is 43.5 Å². The molecule has 0 bridgehead atoms. The summed E-state index contributed by atoms with van der Waals surface area (Å²) in [4.78, 5) is 0. The Morgan fingerprint density at radius 2 is 1.74 bits per heavy atom. The first-order valence-electron chi connectivity index (χ1n) is 5.18. The van der Waals surface area contributed by atoms with Crippen LogP contribution in [0, 0.1) is 11.6 Å². The minimum absolute atomic E-state index is 0.286. The Hall–Kier alpha value is -0.650. The molecule has 2 rings (SSSR count). The van der Waals surface area contributed by atoms with Crippen LogP contribution in [0.3, 0.4) is 0 Å². The normalized spacial score (nSPS) is 10.6. The minimum Gasteiger partial charge on any atom is -0.450 e. The Bertz CT molecular complexity index is 597. The average Bonchev–Trinajstić information content (AvgIpc) is 2.35. The fourth-order valence-electron chi connectivity index (χ4n) is 1.45. The second-order valence-corrected chi connectivity index (χ2v) is 5.55. The van der Waals surface area contributed by atoms with E-state index in [0.717, 1.165) is 0 Å². The SMILES string of the molecule is Fc1cc(CBr)cc(F)c1Oc1ccc(Cl)cc1Br. The molecule has 0 atom stereocenters. The second-order valence-electron chi connectivity index (χ2n) is 3.70. The maximum atomic E-state index is 13.8. The molecule has 0 aromatic heterocycles. The molecular formula is C13H7Br2ClF2O. The molecule has 0 aliphatic carbocycles. The third-order valence-corrected chi connectivity index (χ3v) is 3.82. The van der Waals surface area contributed by atoms with Crippen molar-refractivity contribution in [3.63, 3.8) is 0 Å². The Balaban J connectivity index is 2.38. The molecule has 0 unspecified atom stereocenters. The van der Waals surface area contributed by atoms with Crippen LogP contribution in [-0.4, -0.2) is 0 Å². The van der Waals surface area contributed by atoms with Gasteiger partial charge in [0.1, 0.15) is 5.75 Å². The van der Waals surface area contributed by atoms with Crippen LogP contribution < -0.4 is 4.74 Å². The average molecular weight is 412 g/mol. The highest BCUT2D eigenvalue weighted by Gasteiger charge is 2.14. The summed E-state index contributed by atoms with van der Waals surface area (Å²) in [6, 6.07) is 7.13. The molecule has 0 saturated heterocycles. The van der Waals surface area contributed by atoms with Gasteiger partial charge in [0, 0.05) is 10.4 Å². The minimum atomic E-state index is -0.753. The van der Waals surface area contributed by atoms with Crippen LogP contribution in [-0.2, 0) is 5.33 Å². The Morgan fingerprint density at radius 1 is 1.11 bits per heavy atom. The third kappa shape index (κ3) is 3.46. The number of alkyl halides is 1. The highest BCUT2D eigenvalue weighted by atomic mass is 79.9. The lowest BCUT2D eigenvalue weighted by atomic mass is 10.2. The molecule has 0 aliphatic heterocycles. The molecule has 0 N–H and O–H groups in total. The fraction of sp³-hybridized carbons (Fsp3) is 0.0769. The van der Waals surface area contributed by atoms with E-state index < -0.39 is 17.4 Å². The highest BCUT2D eigenvalue weighted by Crippen LogP contribution is 2.34. The van der Waals surface area contributed by atoms with Crippen molar-refractivity contribution in [2.24, 2.45) is 0 Å². The number of halogens is 5. The zero-order chi connectivity index (χ0) is 14.0. The van der Waals surface area contributed by atoms with Gasteiger partial charge in [-0.15, -0.1) is 0 Å². The van der Waals surface area contributed by atoms with Crippen molar-refractivity contribution in [2.75, 3.05) is 0 Å². The van der Waals surface area contributed by atoms with Crippen molar-refractivity contribution < 1.29 is 13.5 Å². The summed E-state index contributed by atoms with van der Waals surface area (Å²) in [5.74, 6) is -1.66. The van der Waals surface area contributed by atoms with Crippen molar-refractivity contribution in [1.29, 1.82) is 0 Å². The van der Waals surface area contributed by atoms with Gasteiger partial charge >= 0.3 is 0 Å². The van der Waals surface area contributed by atoms with Crippen molar-refractivity contribution in [3.05, 3.63) is 57.0 Å². The van der Waals surface area contributed by atoms with Crippen molar-refractivity contribution in [1.82, 2.24) is 0 Å². The summed E-state index contributed by atoms with van der Waals surface area (Å²) in [7, 11) is 0. The Labute approximate surface area is 130 Å². The van der Waals surface area contributed by atoms with Gasteiger partial charge in [0.15, 0.2) is 17.4 Å². The van der Waals surface area contributed by atoms with Crippen LogP contribution in [0.5, 0.6) is 11.5 Å². The monoisotopic (exact) mass is 410 g/mol. The van der Waals surface area contributed by atoms with Gasteiger partial charge in [-0.2, -0.15) is 0 Å².